The fourth-order valence-electron chi connectivity index (χ4n) is 2.45. The molecule has 3 N–H and O–H groups in total. The summed E-state index contributed by atoms with van der Waals surface area (Å²) in [5, 5.41) is 3.18. The molecule has 3 rings (SSSR count). The lowest BCUT2D eigenvalue weighted by Crippen LogP contribution is -2.27. The number of nitrogens with one attached hydrogen (secondary N) is 1. The predicted molar refractivity (Wildman–Crippen MR) is 104 cm³/mol. The van der Waals surface area contributed by atoms with Crippen LogP contribution in [0.4, 0.5) is 15.6 Å². The predicted octanol–water partition coefficient (Wildman–Crippen LogP) is 4.30. The van der Waals surface area contributed by atoms with E-state index in [-0.39, 0.29) is 0 Å². The van der Waals surface area contributed by atoms with Crippen molar-refractivity contribution in [2.75, 3.05) is 18.2 Å². The molecule has 8 heteroatoms. The number of amides is 1. The normalized spacial score (nSPS) is 11.4. The molecule has 136 valence electrons. The number of hydrogen-bond acceptors (Lipinski definition) is 7. The van der Waals surface area contributed by atoms with E-state index in [0.29, 0.717) is 22.2 Å². The minimum atomic E-state index is -0.562. The van der Waals surface area contributed by atoms with E-state index < -0.39 is 11.7 Å². The van der Waals surface area contributed by atoms with Crippen LogP contribution >= 0.6 is 11.3 Å². The van der Waals surface area contributed by atoms with Crippen molar-refractivity contribution in [3.8, 4) is 17.0 Å². The Morgan fingerprint density at radius 1 is 1.31 bits per heavy atom. The number of rotatable bonds is 3. The van der Waals surface area contributed by atoms with Crippen LogP contribution in [-0.4, -0.2) is 28.8 Å². The molecule has 1 amide bonds. The first-order valence-electron chi connectivity index (χ1n) is 7.96. The van der Waals surface area contributed by atoms with Crippen LogP contribution in [-0.2, 0) is 4.74 Å². The number of carbonyl (C=O) groups is 1. The van der Waals surface area contributed by atoms with Crippen molar-refractivity contribution in [1.29, 1.82) is 0 Å². The van der Waals surface area contributed by atoms with E-state index in [1.807, 2.05) is 39.0 Å². The summed E-state index contributed by atoms with van der Waals surface area (Å²) in [6.07, 6.45) is 1.21. The smallest absolute Gasteiger partial charge is 0.412 e. The Morgan fingerprint density at radius 3 is 2.77 bits per heavy atom. The molecule has 0 unspecified atom stereocenters. The molecule has 0 spiro atoms. The van der Waals surface area contributed by atoms with E-state index in [4.69, 9.17) is 15.2 Å². The van der Waals surface area contributed by atoms with E-state index in [2.05, 4.69) is 15.3 Å². The summed E-state index contributed by atoms with van der Waals surface area (Å²) in [5.74, 6) is 0.430. The third kappa shape index (κ3) is 3.85. The number of anilines is 2. The maximum atomic E-state index is 12.0. The van der Waals surface area contributed by atoms with Gasteiger partial charge in [0.2, 0.25) is 5.88 Å². The first kappa shape index (κ1) is 17.9. The number of pyridine rings is 1. The number of nitrogen functional groups attached to an aromatic ring is 1. The Morgan fingerprint density at radius 2 is 2.08 bits per heavy atom. The van der Waals surface area contributed by atoms with Gasteiger partial charge in [0.1, 0.15) is 11.1 Å². The Kier molecular flexibility index (Phi) is 4.69. The summed E-state index contributed by atoms with van der Waals surface area (Å²) in [7, 11) is 1.54. The van der Waals surface area contributed by atoms with Crippen LogP contribution in [0.1, 0.15) is 20.8 Å². The van der Waals surface area contributed by atoms with Crippen LogP contribution in [0.2, 0.25) is 0 Å². The Balaban J connectivity index is 1.96. The van der Waals surface area contributed by atoms with Gasteiger partial charge in [-0.25, -0.2) is 14.8 Å². The lowest BCUT2D eigenvalue weighted by molar-refractivity contribution is 0.0636. The van der Waals surface area contributed by atoms with Gasteiger partial charge in [-0.1, -0.05) is 23.5 Å². The molecule has 7 nitrogen and oxygen atoms in total. The lowest BCUT2D eigenvalue weighted by atomic mass is 10.1. The largest absolute Gasteiger partial charge is 0.479 e. The van der Waals surface area contributed by atoms with E-state index in [1.165, 1.54) is 11.3 Å². The van der Waals surface area contributed by atoms with Crippen LogP contribution in [0.5, 0.6) is 5.88 Å². The summed E-state index contributed by atoms with van der Waals surface area (Å²) in [5.41, 5.74) is 8.29. The number of hydrogen-bond donors (Lipinski definition) is 2. The number of benzene rings is 1. The van der Waals surface area contributed by atoms with Crippen LogP contribution in [0, 0.1) is 0 Å². The van der Waals surface area contributed by atoms with Gasteiger partial charge in [-0.2, -0.15) is 0 Å². The van der Waals surface area contributed by atoms with Gasteiger partial charge >= 0.3 is 6.09 Å². The van der Waals surface area contributed by atoms with Crippen molar-refractivity contribution in [2.45, 2.75) is 26.4 Å². The van der Waals surface area contributed by atoms with Gasteiger partial charge < -0.3 is 15.2 Å². The quantitative estimate of drug-likeness (QED) is 0.711. The molecule has 0 radical (unpaired) electrons. The van der Waals surface area contributed by atoms with E-state index >= 15 is 0 Å². The molecule has 26 heavy (non-hydrogen) atoms. The second-order valence-electron chi connectivity index (χ2n) is 6.62. The maximum absolute atomic E-state index is 12.0. The highest BCUT2D eigenvalue weighted by Crippen LogP contribution is 2.37. The SMILES string of the molecule is COc1ncc(-c2cccc(NC(=O)OC(C)(C)C)c2)c2sc(N)nc12. The van der Waals surface area contributed by atoms with Gasteiger partial charge in [-0.15, -0.1) is 0 Å². The van der Waals surface area contributed by atoms with Gasteiger partial charge in [-0.05, 0) is 38.5 Å². The van der Waals surface area contributed by atoms with Crippen molar-refractivity contribution in [3.05, 3.63) is 30.5 Å². The number of ether oxygens (including phenoxy) is 2. The highest BCUT2D eigenvalue weighted by atomic mass is 32.1. The minimum absolute atomic E-state index is 0.430. The van der Waals surface area contributed by atoms with Crippen molar-refractivity contribution < 1.29 is 14.3 Å². The summed E-state index contributed by atoms with van der Waals surface area (Å²) in [4.78, 5) is 20.6. The van der Waals surface area contributed by atoms with Crippen molar-refractivity contribution in [3.63, 3.8) is 0 Å². The molecule has 0 saturated carbocycles. The molecule has 3 aromatic rings. The third-order valence-electron chi connectivity index (χ3n) is 3.41. The Labute approximate surface area is 155 Å². The summed E-state index contributed by atoms with van der Waals surface area (Å²) in [6.45, 7) is 5.45. The molecular formula is C18H20N4O3S. The molecule has 0 bridgehead atoms. The molecular weight excluding hydrogens is 352 g/mol. The van der Waals surface area contributed by atoms with Gasteiger partial charge in [0.15, 0.2) is 5.13 Å². The van der Waals surface area contributed by atoms with Crippen molar-refractivity contribution in [2.24, 2.45) is 0 Å². The van der Waals surface area contributed by atoms with Crippen molar-refractivity contribution >= 4 is 38.5 Å². The molecule has 0 fully saturated rings. The Bertz CT molecular complexity index is 963. The fraction of sp³-hybridized carbons (Fsp3) is 0.278. The molecule has 2 aromatic heterocycles. The van der Waals surface area contributed by atoms with Crippen molar-refractivity contribution in [1.82, 2.24) is 9.97 Å². The zero-order chi connectivity index (χ0) is 18.9. The number of nitrogens with two attached hydrogens (primary N) is 1. The van der Waals surface area contributed by atoms with Gasteiger partial charge in [0.25, 0.3) is 0 Å². The second-order valence-corrected chi connectivity index (χ2v) is 7.65. The molecule has 2 heterocycles. The van der Waals surface area contributed by atoms with Gasteiger partial charge in [0, 0.05) is 17.4 Å². The van der Waals surface area contributed by atoms with Crippen LogP contribution in [0.3, 0.4) is 0 Å². The molecule has 0 aliphatic carbocycles. The van der Waals surface area contributed by atoms with E-state index in [9.17, 15) is 4.79 Å². The highest BCUT2D eigenvalue weighted by molar-refractivity contribution is 7.22. The Hall–Kier alpha value is -2.87. The molecule has 0 atom stereocenters. The van der Waals surface area contributed by atoms with Crippen LogP contribution < -0.4 is 15.8 Å². The van der Waals surface area contributed by atoms with E-state index in [0.717, 1.165) is 15.8 Å². The van der Waals surface area contributed by atoms with Gasteiger partial charge in [-0.3, -0.25) is 5.32 Å². The molecule has 0 aliphatic rings. The number of nitrogens with zero attached hydrogens (tertiary/aromatic N) is 2. The second kappa shape index (κ2) is 6.80. The third-order valence-corrected chi connectivity index (χ3v) is 4.33. The standard InChI is InChI=1S/C18H20N4O3S/c1-18(2,3)25-17(23)21-11-7-5-6-10(8-11)12-9-20-15(24-4)13-14(12)26-16(19)22-13/h5-9H,1-4H3,(H2,19,22)(H,21,23). The van der Waals surface area contributed by atoms with Crippen LogP contribution in [0.25, 0.3) is 21.3 Å². The average Bonchev–Trinajstić information content (AvgIpc) is 2.93. The number of thiazole rings is 1. The van der Waals surface area contributed by atoms with Crippen LogP contribution in [0.15, 0.2) is 30.5 Å². The topological polar surface area (TPSA) is 99.4 Å². The first-order valence-corrected chi connectivity index (χ1v) is 8.78. The lowest BCUT2D eigenvalue weighted by Gasteiger charge is -2.19. The van der Waals surface area contributed by atoms with E-state index in [1.54, 1.807) is 19.4 Å². The maximum Gasteiger partial charge on any atom is 0.412 e. The number of methoxy groups -OCH3 is 1. The average molecular weight is 372 g/mol. The minimum Gasteiger partial charge on any atom is -0.479 e. The first-order chi connectivity index (χ1) is 12.3. The van der Waals surface area contributed by atoms with Gasteiger partial charge in [0.05, 0.1) is 11.8 Å². The molecule has 0 aliphatic heterocycles. The number of aromatic nitrogens is 2. The summed E-state index contributed by atoms with van der Waals surface area (Å²) < 4.78 is 11.4. The highest BCUT2D eigenvalue weighted by Gasteiger charge is 2.17. The number of fused-ring (bicyclic) bond motifs is 1. The molecule has 0 saturated heterocycles. The zero-order valence-corrected chi connectivity index (χ0v) is 15.8. The zero-order valence-electron chi connectivity index (χ0n) is 15.0. The number of carbonyl (C=O) groups excluding carboxylic acids is 1. The fourth-order valence-corrected chi connectivity index (χ4v) is 3.30. The summed E-state index contributed by atoms with van der Waals surface area (Å²) in [6, 6.07) is 7.42. The molecule has 1 aromatic carbocycles. The summed E-state index contributed by atoms with van der Waals surface area (Å²) >= 11 is 1.37. The monoisotopic (exact) mass is 372 g/mol.